The summed E-state index contributed by atoms with van der Waals surface area (Å²) in [6.45, 7) is 4.11. The lowest BCUT2D eigenvalue weighted by atomic mass is 9.96. The summed E-state index contributed by atoms with van der Waals surface area (Å²) in [6.07, 6.45) is 3.03. The van der Waals surface area contributed by atoms with E-state index in [1.807, 2.05) is 6.07 Å². The van der Waals surface area contributed by atoms with E-state index in [0.29, 0.717) is 11.5 Å². The number of nitrogens with zero attached hydrogens (tertiary/aromatic N) is 1. The molecule has 2 rings (SSSR count). The minimum absolute atomic E-state index is 0.277. The summed E-state index contributed by atoms with van der Waals surface area (Å²) < 4.78 is 13.7. The minimum atomic E-state index is -0.614. The second kappa shape index (κ2) is 3.84. The Kier molecular flexibility index (Phi) is 2.64. The Bertz CT molecular complexity index is 457. The van der Waals surface area contributed by atoms with E-state index in [4.69, 9.17) is 0 Å². The van der Waals surface area contributed by atoms with Gasteiger partial charge in [-0.3, -0.25) is 0 Å². The summed E-state index contributed by atoms with van der Waals surface area (Å²) in [6, 6.07) is 5.07. The van der Waals surface area contributed by atoms with Gasteiger partial charge in [-0.25, -0.2) is 9.18 Å². The maximum absolute atomic E-state index is 13.7. The van der Waals surface area contributed by atoms with Gasteiger partial charge in [-0.1, -0.05) is 26.0 Å². The zero-order chi connectivity index (χ0) is 11.8. The second-order valence-electron chi connectivity index (χ2n) is 4.63. The number of hydrogen-bond acceptors (Lipinski definition) is 2. The molecule has 0 unspecified atom stereocenters. The van der Waals surface area contributed by atoms with Crippen molar-refractivity contribution in [3.05, 3.63) is 35.1 Å². The van der Waals surface area contributed by atoms with Gasteiger partial charge in [0.15, 0.2) is 0 Å². The predicted octanol–water partition coefficient (Wildman–Crippen LogP) is 3.27. The first kappa shape index (κ1) is 11.0. The van der Waals surface area contributed by atoms with E-state index < -0.39 is 5.54 Å². The quantitative estimate of drug-likeness (QED) is 0.566. The highest BCUT2D eigenvalue weighted by Gasteiger charge is 2.46. The van der Waals surface area contributed by atoms with Gasteiger partial charge < -0.3 is 0 Å². The molecule has 0 N–H and O–H groups in total. The van der Waals surface area contributed by atoms with Crippen molar-refractivity contribution in [2.45, 2.75) is 38.1 Å². The zero-order valence-electron chi connectivity index (χ0n) is 9.46. The van der Waals surface area contributed by atoms with Crippen LogP contribution in [0.5, 0.6) is 0 Å². The smallest absolute Gasteiger partial charge is 0.211 e. The van der Waals surface area contributed by atoms with E-state index in [0.717, 1.165) is 18.4 Å². The van der Waals surface area contributed by atoms with Crippen molar-refractivity contribution in [3.8, 4) is 0 Å². The predicted molar refractivity (Wildman–Crippen MR) is 59.5 cm³/mol. The van der Waals surface area contributed by atoms with Gasteiger partial charge in [0, 0.05) is 5.56 Å². The van der Waals surface area contributed by atoms with Gasteiger partial charge in [0.05, 0.1) is 0 Å². The fraction of sp³-hybridized carbons (Fsp3) is 0.462. The standard InChI is InChI=1S/C13H14FNO/c1-9(2)10-3-4-12(14)11(7-10)13(5-6-13)15-8-16/h3-4,7,9H,5-6H2,1-2H3. The van der Waals surface area contributed by atoms with Crippen LogP contribution in [0.1, 0.15) is 43.7 Å². The van der Waals surface area contributed by atoms with E-state index in [2.05, 4.69) is 18.8 Å². The highest BCUT2D eigenvalue weighted by Crippen LogP contribution is 2.50. The normalized spacial score (nSPS) is 17.0. The van der Waals surface area contributed by atoms with E-state index in [1.54, 1.807) is 12.1 Å². The van der Waals surface area contributed by atoms with Crippen LogP contribution >= 0.6 is 0 Å². The molecule has 1 aliphatic rings. The molecule has 1 saturated carbocycles. The fourth-order valence-electron chi connectivity index (χ4n) is 1.91. The molecule has 1 aliphatic carbocycles. The molecule has 3 heteroatoms. The van der Waals surface area contributed by atoms with Crippen molar-refractivity contribution in [2.75, 3.05) is 0 Å². The largest absolute Gasteiger partial charge is 0.235 e. The number of benzene rings is 1. The van der Waals surface area contributed by atoms with Gasteiger partial charge in [0.1, 0.15) is 11.4 Å². The lowest BCUT2D eigenvalue weighted by molar-refractivity contribution is 0.547. The Labute approximate surface area is 94.2 Å². The number of hydrogen-bond donors (Lipinski definition) is 0. The van der Waals surface area contributed by atoms with Crippen LogP contribution < -0.4 is 0 Å². The van der Waals surface area contributed by atoms with E-state index in [1.165, 1.54) is 6.07 Å². The third-order valence-corrected chi connectivity index (χ3v) is 3.14. The van der Waals surface area contributed by atoms with Gasteiger partial charge in [0.25, 0.3) is 0 Å². The molecule has 0 amide bonds. The summed E-state index contributed by atoms with van der Waals surface area (Å²) in [5.74, 6) is 0.0660. The van der Waals surface area contributed by atoms with Gasteiger partial charge in [-0.2, -0.15) is 4.99 Å². The maximum Gasteiger partial charge on any atom is 0.235 e. The molecule has 1 fully saturated rings. The summed E-state index contributed by atoms with van der Waals surface area (Å²) in [5, 5.41) is 0. The first-order valence-corrected chi connectivity index (χ1v) is 5.48. The second-order valence-corrected chi connectivity index (χ2v) is 4.63. The third-order valence-electron chi connectivity index (χ3n) is 3.14. The summed E-state index contributed by atoms with van der Waals surface area (Å²) in [5.41, 5.74) is 1.00. The van der Waals surface area contributed by atoms with Crippen LogP contribution in [0.25, 0.3) is 0 Å². The van der Waals surface area contributed by atoms with Crippen LogP contribution in [0.2, 0.25) is 0 Å². The number of isocyanates is 1. The molecule has 2 nitrogen and oxygen atoms in total. The van der Waals surface area contributed by atoms with Crippen molar-refractivity contribution in [1.82, 2.24) is 0 Å². The molecule has 0 spiro atoms. The van der Waals surface area contributed by atoms with Gasteiger partial charge in [-0.05, 0) is 30.4 Å². The van der Waals surface area contributed by atoms with Crippen molar-refractivity contribution < 1.29 is 9.18 Å². The van der Waals surface area contributed by atoms with Crippen molar-refractivity contribution in [3.63, 3.8) is 0 Å². The van der Waals surface area contributed by atoms with Crippen molar-refractivity contribution >= 4 is 6.08 Å². The molecule has 0 saturated heterocycles. The minimum Gasteiger partial charge on any atom is -0.211 e. The molecule has 0 atom stereocenters. The van der Waals surface area contributed by atoms with Crippen molar-refractivity contribution in [1.29, 1.82) is 0 Å². The van der Waals surface area contributed by atoms with Gasteiger partial charge in [-0.15, -0.1) is 0 Å². The molecular weight excluding hydrogens is 205 g/mol. The summed E-state index contributed by atoms with van der Waals surface area (Å²) >= 11 is 0. The van der Waals surface area contributed by atoms with Crippen LogP contribution in [-0.2, 0) is 10.3 Å². The first-order chi connectivity index (χ1) is 7.59. The zero-order valence-corrected chi connectivity index (χ0v) is 9.46. The Morgan fingerprint density at radius 1 is 1.44 bits per heavy atom. The molecule has 84 valence electrons. The van der Waals surface area contributed by atoms with Gasteiger partial charge >= 0.3 is 0 Å². The number of halogens is 1. The van der Waals surface area contributed by atoms with E-state index in [-0.39, 0.29) is 5.82 Å². The summed E-state index contributed by atoms with van der Waals surface area (Å²) in [4.78, 5) is 14.1. The average Bonchev–Trinajstić information content (AvgIpc) is 2.99. The molecule has 0 heterocycles. The molecule has 0 bridgehead atoms. The average molecular weight is 219 g/mol. The van der Waals surface area contributed by atoms with Crippen molar-refractivity contribution in [2.24, 2.45) is 4.99 Å². The van der Waals surface area contributed by atoms with Crippen LogP contribution in [0.3, 0.4) is 0 Å². The highest BCUT2D eigenvalue weighted by atomic mass is 19.1. The Hall–Kier alpha value is -1.47. The van der Waals surface area contributed by atoms with Crippen LogP contribution in [0.4, 0.5) is 4.39 Å². The third kappa shape index (κ3) is 1.79. The molecule has 0 aromatic heterocycles. The Balaban J connectivity index is 2.47. The van der Waals surface area contributed by atoms with E-state index >= 15 is 0 Å². The molecule has 0 radical (unpaired) electrons. The molecule has 16 heavy (non-hydrogen) atoms. The molecule has 1 aromatic rings. The monoisotopic (exact) mass is 219 g/mol. The van der Waals surface area contributed by atoms with Crippen LogP contribution in [0.15, 0.2) is 23.2 Å². The lowest BCUT2D eigenvalue weighted by Crippen LogP contribution is -2.07. The van der Waals surface area contributed by atoms with Crippen LogP contribution in [0, 0.1) is 5.82 Å². The number of aliphatic imine (C=N–C) groups is 1. The highest BCUT2D eigenvalue weighted by molar-refractivity contribution is 5.43. The number of carbonyl (C=O) groups excluding carboxylic acids is 1. The van der Waals surface area contributed by atoms with E-state index in [9.17, 15) is 9.18 Å². The number of rotatable bonds is 3. The lowest BCUT2D eigenvalue weighted by Gasteiger charge is -2.13. The Morgan fingerprint density at radius 2 is 2.12 bits per heavy atom. The SMILES string of the molecule is CC(C)c1ccc(F)c(C2(N=C=O)CC2)c1. The molecule has 0 aliphatic heterocycles. The van der Waals surface area contributed by atoms with Gasteiger partial charge in [0.2, 0.25) is 6.08 Å². The first-order valence-electron chi connectivity index (χ1n) is 5.48. The maximum atomic E-state index is 13.7. The molecular formula is C13H14FNO. The molecule has 1 aromatic carbocycles. The topological polar surface area (TPSA) is 29.4 Å². The van der Waals surface area contributed by atoms with Crippen LogP contribution in [-0.4, -0.2) is 6.08 Å². The Morgan fingerprint density at radius 3 is 2.62 bits per heavy atom. The fourth-order valence-corrected chi connectivity index (χ4v) is 1.91. The summed E-state index contributed by atoms with van der Waals surface area (Å²) in [7, 11) is 0.